The maximum Gasteiger partial charge on any atom is 0.191 e. The molecular weight excluding hydrogens is 370 g/mol. The first kappa shape index (κ1) is 20.7. The molecule has 1 aromatic heterocycles. The lowest BCUT2D eigenvalue weighted by Gasteiger charge is -2.37. The standard InChI is InChI=1S/C21H31N5OS/c1-4-28-21(9-13-27-14-10-21)16-23-20(22-3)25-17(2)18-7-5-8-19(15-18)26-12-6-11-24-26/h5-8,11-12,15,17H,4,9-10,13-14,16H2,1-3H3,(H2,22,23,25). The van der Waals surface area contributed by atoms with Crippen molar-refractivity contribution >= 4 is 17.7 Å². The first-order valence-electron chi connectivity index (χ1n) is 9.95. The predicted molar refractivity (Wildman–Crippen MR) is 117 cm³/mol. The highest BCUT2D eigenvalue weighted by molar-refractivity contribution is 8.00. The molecule has 1 aliphatic heterocycles. The van der Waals surface area contributed by atoms with Crippen molar-refractivity contribution < 1.29 is 4.74 Å². The van der Waals surface area contributed by atoms with E-state index >= 15 is 0 Å². The molecule has 7 heteroatoms. The van der Waals surface area contributed by atoms with Crippen LogP contribution >= 0.6 is 11.8 Å². The minimum absolute atomic E-state index is 0.131. The van der Waals surface area contributed by atoms with Crippen LogP contribution in [0.3, 0.4) is 0 Å². The van der Waals surface area contributed by atoms with E-state index in [0.29, 0.717) is 0 Å². The lowest BCUT2D eigenvalue weighted by atomic mass is 9.99. The van der Waals surface area contributed by atoms with Gasteiger partial charge in [-0.05, 0) is 49.3 Å². The van der Waals surface area contributed by atoms with Gasteiger partial charge in [-0.1, -0.05) is 19.1 Å². The van der Waals surface area contributed by atoms with E-state index in [4.69, 9.17) is 4.74 Å². The summed E-state index contributed by atoms with van der Waals surface area (Å²) >= 11 is 2.03. The Bertz CT molecular complexity index is 750. The van der Waals surface area contributed by atoms with Gasteiger partial charge in [-0.2, -0.15) is 16.9 Å². The second-order valence-corrected chi connectivity index (χ2v) is 8.80. The second kappa shape index (κ2) is 9.98. The number of aliphatic imine (C=N–C) groups is 1. The first-order chi connectivity index (χ1) is 13.7. The molecular formula is C21H31N5OS. The summed E-state index contributed by atoms with van der Waals surface area (Å²) in [5, 5.41) is 11.4. The van der Waals surface area contributed by atoms with E-state index in [-0.39, 0.29) is 10.8 Å². The minimum Gasteiger partial charge on any atom is -0.381 e. The summed E-state index contributed by atoms with van der Waals surface area (Å²) < 4.78 is 7.68. The van der Waals surface area contributed by atoms with Gasteiger partial charge in [-0.25, -0.2) is 4.68 Å². The fourth-order valence-corrected chi connectivity index (χ4v) is 4.75. The first-order valence-corrected chi connectivity index (χ1v) is 10.9. The molecule has 1 saturated heterocycles. The molecule has 1 aromatic carbocycles. The van der Waals surface area contributed by atoms with Crippen molar-refractivity contribution in [2.45, 2.75) is 37.5 Å². The van der Waals surface area contributed by atoms with Crippen LogP contribution in [0.5, 0.6) is 0 Å². The monoisotopic (exact) mass is 401 g/mol. The zero-order chi connectivity index (χ0) is 19.8. The number of benzene rings is 1. The molecule has 0 saturated carbocycles. The number of hydrogen-bond acceptors (Lipinski definition) is 4. The summed E-state index contributed by atoms with van der Waals surface area (Å²) in [7, 11) is 1.83. The fraction of sp³-hybridized carbons (Fsp3) is 0.524. The van der Waals surface area contributed by atoms with Gasteiger partial charge in [0.1, 0.15) is 0 Å². The lowest BCUT2D eigenvalue weighted by molar-refractivity contribution is 0.0782. The Morgan fingerprint density at radius 3 is 2.86 bits per heavy atom. The van der Waals surface area contributed by atoms with Gasteiger partial charge in [0, 0.05) is 43.9 Å². The van der Waals surface area contributed by atoms with Gasteiger partial charge < -0.3 is 15.4 Å². The molecule has 1 fully saturated rings. The van der Waals surface area contributed by atoms with E-state index in [2.05, 4.69) is 58.8 Å². The zero-order valence-electron chi connectivity index (χ0n) is 17.0. The number of hydrogen-bond donors (Lipinski definition) is 2. The number of nitrogens with zero attached hydrogens (tertiary/aromatic N) is 3. The molecule has 0 amide bonds. The molecule has 3 rings (SSSR count). The predicted octanol–water partition coefficient (Wildman–Crippen LogP) is 3.40. The van der Waals surface area contributed by atoms with E-state index in [1.807, 2.05) is 35.8 Å². The topological polar surface area (TPSA) is 63.5 Å². The minimum atomic E-state index is 0.131. The third-order valence-corrected chi connectivity index (χ3v) is 6.60. The summed E-state index contributed by atoms with van der Waals surface area (Å²) in [6, 6.07) is 10.5. The Morgan fingerprint density at radius 2 is 2.18 bits per heavy atom. The van der Waals surface area contributed by atoms with E-state index in [1.54, 1.807) is 6.20 Å². The molecule has 0 spiro atoms. The molecule has 0 radical (unpaired) electrons. The van der Waals surface area contributed by atoms with Gasteiger partial charge in [0.25, 0.3) is 0 Å². The Balaban J connectivity index is 1.62. The maximum atomic E-state index is 5.57. The molecule has 2 heterocycles. The van der Waals surface area contributed by atoms with Gasteiger partial charge in [0.15, 0.2) is 5.96 Å². The van der Waals surface area contributed by atoms with Crippen molar-refractivity contribution in [2.75, 3.05) is 32.6 Å². The van der Waals surface area contributed by atoms with Gasteiger partial charge in [0.2, 0.25) is 0 Å². The van der Waals surface area contributed by atoms with Crippen LogP contribution in [0.1, 0.15) is 38.3 Å². The highest BCUT2D eigenvalue weighted by Crippen LogP contribution is 2.34. The molecule has 1 unspecified atom stereocenters. The fourth-order valence-electron chi connectivity index (χ4n) is 3.51. The van der Waals surface area contributed by atoms with Crippen LogP contribution in [0.2, 0.25) is 0 Å². The van der Waals surface area contributed by atoms with Crippen molar-refractivity contribution in [3.8, 4) is 5.69 Å². The van der Waals surface area contributed by atoms with E-state index in [1.165, 1.54) is 5.56 Å². The van der Waals surface area contributed by atoms with Gasteiger partial charge >= 0.3 is 0 Å². The molecule has 2 aromatic rings. The molecule has 1 atom stereocenters. The van der Waals surface area contributed by atoms with Crippen LogP contribution in [-0.4, -0.2) is 53.0 Å². The molecule has 2 N–H and O–H groups in total. The van der Waals surface area contributed by atoms with Gasteiger partial charge in [0.05, 0.1) is 11.7 Å². The number of guanidine groups is 1. The third-order valence-electron chi connectivity index (χ3n) is 5.15. The molecule has 28 heavy (non-hydrogen) atoms. The van der Waals surface area contributed by atoms with Crippen molar-refractivity contribution in [1.29, 1.82) is 0 Å². The summed E-state index contributed by atoms with van der Waals surface area (Å²) in [5.41, 5.74) is 2.25. The normalized spacial score (nSPS) is 17.9. The van der Waals surface area contributed by atoms with Crippen LogP contribution in [0.4, 0.5) is 0 Å². The Morgan fingerprint density at radius 1 is 1.36 bits per heavy atom. The highest BCUT2D eigenvalue weighted by Gasteiger charge is 2.32. The number of ether oxygens (including phenoxy) is 1. The smallest absolute Gasteiger partial charge is 0.191 e. The highest BCUT2D eigenvalue weighted by atomic mass is 32.2. The molecule has 6 nitrogen and oxygen atoms in total. The zero-order valence-corrected chi connectivity index (χ0v) is 17.8. The second-order valence-electron chi connectivity index (χ2n) is 7.07. The van der Waals surface area contributed by atoms with Crippen molar-refractivity contribution in [2.24, 2.45) is 4.99 Å². The largest absolute Gasteiger partial charge is 0.381 e. The lowest BCUT2D eigenvalue weighted by Crippen LogP contribution is -2.48. The maximum absolute atomic E-state index is 5.57. The number of aromatic nitrogens is 2. The van der Waals surface area contributed by atoms with Crippen molar-refractivity contribution in [3.05, 3.63) is 48.3 Å². The van der Waals surface area contributed by atoms with Crippen LogP contribution < -0.4 is 10.6 Å². The van der Waals surface area contributed by atoms with Crippen molar-refractivity contribution in [3.63, 3.8) is 0 Å². The average Bonchev–Trinajstić information content (AvgIpc) is 3.27. The summed E-state index contributed by atoms with van der Waals surface area (Å²) in [6.45, 7) is 6.97. The summed E-state index contributed by atoms with van der Waals surface area (Å²) in [4.78, 5) is 4.44. The van der Waals surface area contributed by atoms with Crippen LogP contribution in [-0.2, 0) is 4.74 Å². The average molecular weight is 402 g/mol. The summed E-state index contributed by atoms with van der Waals surface area (Å²) in [5.74, 6) is 1.95. The Labute approximate surface area is 172 Å². The van der Waals surface area contributed by atoms with E-state index < -0.39 is 0 Å². The SMILES string of the molecule is CCSC1(CNC(=NC)NC(C)c2cccc(-n3cccn3)c2)CCOCC1. The van der Waals surface area contributed by atoms with E-state index in [9.17, 15) is 0 Å². The van der Waals surface area contributed by atoms with Crippen LogP contribution in [0.25, 0.3) is 5.69 Å². The molecule has 152 valence electrons. The number of rotatable bonds is 7. The molecule has 0 bridgehead atoms. The van der Waals surface area contributed by atoms with Gasteiger partial charge in [-0.3, -0.25) is 4.99 Å². The molecule has 0 aliphatic carbocycles. The van der Waals surface area contributed by atoms with E-state index in [0.717, 1.165) is 50.0 Å². The quantitative estimate of drug-likeness (QED) is 0.550. The Kier molecular flexibility index (Phi) is 7.39. The summed E-state index contributed by atoms with van der Waals surface area (Å²) in [6.07, 6.45) is 5.91. The molecule has 1 aliphatic rings. The van der Waals surface area contributed by atoms with Crippen LogP contribution in [0.15, 0.2) is 47.7 Å². The van der Waals surface area contributed by atoms with Crippen molar-refractivity contribution in [1.82, 2.24) is 20.4 Å². The third kappa shape index (κ3) is 5.29. The number of nitrogens with one attached hydrogen (secondary N) is 2. The van der Waals surface area contributed by atoms with Crippen LogP contribution in [0, 0.1) is 0 Å². The number of thioether (sulfide) groups is 1. The van der Waals surface area contributed by atoms with Gasteiger partial charge in [-0.15, -0.1) is 0 Å². The Hall–Kier alpha value is -1.99.